The van der Waals surface area contributed by atoms with Crippen molar-refractivity contribution in [3.8, 4) is 0 Å². The molecule has 0 aromatic heterocycles. The van der Waals surface area contributed by atoms with E-state index >= 15 is 0 Å². The van der Waals surface area contributed by atoms with Gasteiger partial charge in [0.05, 0.1) is 6.61 Å². The number of carbonyl (C=O) groups excluding carboxylic acids is 1. The smallest absolute Gasteiger partial charge is 0.248 e. The van der Waals surface area contributed by atoms with Crippen LogP contribution in [-0.2, 0) is 16.1 Å². The van der Waals surface area contributed by atoms with E-state index in [-0.39, 0.29) is 18.3 Å². The summed E-state index contributed by atoms with van der Waals surface area (Å²) in [4.78, 5) is 13.1. The minimum Gasteiger partial charge on any atom is -0.370 e. The summed E-state index contributed by atoms with van der Waals surface area (Å²) in [5.74, 6) is -0.266. The summed E-state index contributed by atoms with van der Waals surface area (Å²) >= 11 is 0. The van der Waals surface area contributed by atoms with Gasteiger partial charge >= 0.3 is 0 Å². The first kappa shape index (κ1) is 10.1. The van der Waals surface area contributed by atoms with Crippen LogP contribution < -0.4 is 0 Å². The second-order valence-electron chi connectivity index (χ2n) is 3.49. The first-order valence-corrected chi connectivity index (χ1v) is 4.85. The molecule has 0 bridgehead atoms. The van der Waals surface area contributed by atoms with Crippen molar-refractivity contribution < 1.29 is 13.9 Å². The Balaban J connectivity index is 2.01. The van der Waals surface area contributed by atoms with E-state index in [1.54, 1.807) is 17.0 Å². The van der Waals surface area contributed by atoms with Crippen molar-refractivity contribution in [1.29, 1.82) is 0 Å². The zero-order chi connectivity index (χ0) is 10.7. The van der Waals surface area contributed by atoms with E-state index in [2.05, 4.69) is 0 Å². The minimum absolute atomic E-state index is 0.00873. The molecule has 3 nitrogen and oxygen atoms in total. The molecule has 2 rings (SSSR count). The Bertz CT molecular complexity index is 350. The van der Waals surface area contributed by atoms with Crippen molar-refractivity contribution in [2.45, 2.75) is 6.54 Å². The highest BCUT2D eigenvalue weighted by Crippen LogP contribution is 2.08. The zero-order valence-electron chi connectivity index (χ0n) is 8.28. The van der Waals surface area contributed by atoms with Gasteiger partial charge in [0.2, 0.25) is 5.91 Å². The topological polar surface area (TPSA) is 29.5 Å². The minimum atomic E-state index is -0.257. The molecular formula is C11H12FNO2. The Morgan fingerprint density at radius 2 is 2.07 bits per heavy atom. The van der Waals surface area contributed by atoms with Crippen molar-refractivity contribution in [2.75, 3.05) is 19.8 Å². The van der Waals surface area contributed by atoms with Crippen molar-refractivity contribution in [1.82, 2.24) is 4.90 Å². The molecular weight excluding hydrogens is 197 g/mol. The van der Waals surface area contributed by atoms with Crippen molar-refractivity contribution in [3.63, 3.8) is 0 Å². The van der Waals surface area contributed by atoms with Gasteiger partial charge in [0.25, 0.3) is 0 Å². The SMILES string of the molecule is O=C1COCCN1Cc1ccc(F)cc1. The molecule has 15 heavy (non-hydrogen) atoms. The molecule has 1 aliphatic heterocycles. The van der Waals surface area contributed by atoms with Crippen LogP contribution in [0.3, 0.4) is 0 Å². The van der Waals surface area contributed by atoms with E-state index in [0.717, 1.165) is 5.56 Å². The van der Waals surface area contributed by atoms with Gasteiger partial charge in [0.15, 0.2) is 0 Å². The molecule has 1 heterocycles. The number of morpholine rings is 1. The van der Waals surface area contributed by atoms with Gasteiger partial charge in [-0.1, -0.05) is 12.1 Å². The summed E-state index contributed by atoms with van der Waals surface area (Å²) in [6.07, 6.45) is 0. The highest BCUT2D eigenvalue weighted by molar-refractivity contribution is 5.77. The third-order valence-corrected chi connectivity index (χ3v) is 2.37. The summed E-state index contributed by atoms with van der Waals surface area (Å²) in [5.41, 5.74) is 0.937. The molecule has 0 spiro atoms. The molecule has 0 N–H and O–H groups in total. The van der Waals surface area contributed by atoms with Gasteiger partial charge in [-0.3, -0.25) is 4.79 Å². The number of benzene rings is 1. The number of halogens is 1. The molecule has 0 unspecified atom stereocenters. The van der Waals surface area contributed by atoms with E-state index in [9.17, 15) is 9.18 Å². The second kappa shape index (κ2) is 4.40. The molecule has 1 amide bonds. The molecule has 1 aliphatic rings. The fourth-order valence-corrected chi connectivity index (χ4v) is 1.53. The Kier molecular flexibility index (Phi) is 2.97. The fraction of sp³-hybridized carbons (Fsp3) is 0.364. The average Bonchev–Trinajstić information content (AvgIpc) is 2.25. The van der Waals surface area contributed by atoms with E-state index in [1.807, 2.05) is 0 Å². The molecule has 0 aliphatic carbocycles. The standard InChI is InChI=1S/C11H12FNO2/c12-10-3-1-9(2-4-10)7-13-5-6-15-8-11(13)14/h1-4H,5-8H2. The fourth-order valence-electron chi connectivity index (χ4n) is 1.53. The molecule has 0 radical (unpaired) electrons. The van der Waals surface area contributed by atoms with E-state index < -0.39 is 0 Å². The molecule has 80 valence electrons. The Morgan fingerprint density at radius 1 is 1.33 bits per heavy atom. The van der Waals surface area contributed by atoms with E-state index in [4.69, 9.17) is 4.74 Å². The van der Waals surface area contributed by atoms with E-state index in [1.165, 1.54) is 12.1 Å². The quantitative estimate of drug-likeness (QED) is 0.732. The first-order chi connectivity index (χ1) is 7.25. The Labute approximate surface area is 87.5 Å². The number of carbonyl (C=O) groups is 1. The second-order valence-corrected chi connectivity index (χ2v) is 3.49. The van der Waals surface area contributed by atoms with Crippen molar-refractivity contribution in [2.24, 2.45) is 0 Å². The van der Waals surface area contributed by atoms with Crippen LogP contribution >= 0.6 is 0 Å². The van der Waals surface area contributed by atoms with Crippen LogP contribution in [0.25, 0.3) is 0 Å². The number of rotatable bonds is 2. The summed E-state index contributed by atoms with van der Waals surface area (Å²) in [5, 5.41) is 0. The lowest BCUT2D eigenvalue weighted by Crippen LogP contribution is -2.40. The number of hydrogen-bond donors (Lipinski definition) is 0. The predicted molar refractivity (Wildman–Crippen MR) is 52.6 cm³/mol. The average molecular weight is 209 g/mol. The highest BCUT2D eigenvalue weighted by atomic mass is 19.1. The van der Waals surface area contributed by atoms with Gasteiger partial charge in [-0.15, -0.1) is 0 Å². The number of hydrogen-bond acceptors (Lipinski definition) is 2. The largest absolute Gasteiger partial charge is 0.370 e. The number of nitrogens with zero attached hydrogens (tertiary/aromatic N) is 1. The summed E-state index contributed by atoms with van der Waals surface area (Å²) in [6.45, 7) is 1.87. The van der Waals surface area contributed by atoms with Crippen LogP contribution in [0.15, 0.2) is 24.3 Å². The molecule has 1 saturated heterocycles. The lowest BCUT2D eigenvalue weighted by Gasteiger charge is -2.26. The van der Waals surface area contributed by atoms with Crippen LogP contribution in [0, 0.1) is 5.82 Å². The van der Waals surface area contributed by atoms with Crippen LogP contribution in [0.1, 0.15) is 5.56 Å². The van der Waals surface area contributed by atoms with Gasteiger partial charge in [-0.25, -0.2) is 4.39 Å². The number of ether oxygens (including phenoxy) is 1. The van der Waals surface area contributed by atoms with Crippen LogP contribution in [0.5, 0.6) is 0 Å². The van der Waals surface area contributed by atoms with Gasteiger partial charge in [0, 0.05) is 13.1 Å². The van der Waals surface area contributed by atoms with Crippen LogP contribution in [0.2, 0.25) is 0 Å². The normalized spacial score (nSPS) is 16.9. The predicted octanol–water partition coefficient (Wildman–Crippen LogP) is 1.18. The summed E-state index contributed by atoms with van der Waals surface area (Å²) in [6, 6.07) is 6.19. The third-order valence-electron chi connectivity index (χ3n) is 2.37. The maximum absolute atomic E-state index is 12.6. The maximum atomic E-state index is 12.6. The monoisotopic (exact) mass is 209 g/mol. The van der Waals surface area contributed by atoms with Crippen molar-refractivity contribution in [3.05, 3.63) is 35.6 Å². The van der Waals surface area contributed by atoms with Crippen LogP contribution in [-0.4, -0.2) is 30.6 Å². The maximum Gasteiger partial charge on any atom is 0.248 e. The summed E-state index contributed by atoms with van der Waals surface area (Å²) in [7, 11) is 0. The van der Waals surface area contributed by atoms with Crippen molar-refractivity contribution >= 4 is 5.91 Å². The number of amides is 1. The first-order valence-electron chi connectivity index (χ1n) is 4.85. The van der Waals surface area contributed by atoms with Gasteiger partial charge in [-0.2, -0.15) is 0 Å². The van der Waals surface area contributed by atoms with E-state index in [0.29, 0.717) is 19.7 Å². The molecule has 0 saturated carbocycles. The Morgan fingerprint density at radius 3 is 2.73 bits per heavy atom. The highest BCUT2D eigenvalue weighted by Gasteiger charge is 2.18. The lowest BCUT2D eigenvalue weighted by atomic mass is 10.2. The molecule has 4 heteroatoms. The Hall–Kier alpha value is -1.42. The zero-order valence-corrected chi connectivity index (χ0v) is 8.28. The van der Waals surface area contributed by atoms with Gasteiger partial charge in [0.1, 0.15) is 12.4 Å². The molecule has 1 fully saturated rings. The third kappa shape index (κ3) is 2.53. The molecule has 1 aromatic rings. The molecule has 1 aromatic carbocycles. The van der Waals surface area contributed by atoms with Gasteiger partial charge < -0.3 is 9.64 Å². The molecule has 0 atom stereocenters. The van der Waals surface area contributed by atoms with Gasteiger partial charge in [-0.05, 0) is 17.7 Å². The lowest BCUT2D eigenvalue weighted by molar-refractivity contribution is -0.143. The summed E-state index contributed by atoms with van der Waals surface area (Å²) < 4.78 is 17.7. The van der Waals surface area contributed by atoms with Crippen LogP contribution in [0.4, 0.5) is 4.39 Å².